The highest BCUT2D eigenvalue weighted by Gasteiger charge is 2.13. The van der Waals surface area contributed by atoms with Crippen LogP contribution in [0.3, 0.4) is 0 Å². The van der Waals surface area contributed by atoms with Gasteiger partial charge >= 0.3 is 0 Å². The zero-order valence-electron chi connectivity index (χ0n) is 11.4. The molecule has 0 saturated carbocycles. The zero-order chi connectivity index (χ0) is 14.0. The van der Waals surface area contributed by atoms with Gasteiger partial charge in [-0.05, 0) is 18.6 Å². The molecular formula is C14H22O4S. The van der Waals surface area contributed by atoms with Gasteiger partial charge in [0.15, 0.2) is 0 Å². The van der Waals surface area contributed by atoms with Gasteiger partial charge in [0.05, 0.1) is 18.1 Å². The van der Waals surface area contributed by atoms with Gasteiger partial charge in [0.25, 0.3) is 10.1 Å². The molecule has 1 aromatic rings. The Morgan fingerprint density at radius 1 is 0.947 bits per heavy atom. The van der Waals surface area contributed by atoms with E-state index in [0.29, 0.717) is 13.2 Å². The summed E-state index contributed by atoms with van der Waals surface area (Å²) in [5, 5.41) is 0. The second-order valence-electron chi connectivity index (χ2n) is 4.26. The molecule has 0 radical (unpaired) electrons. The molecule has 0 aliphatic rings. The van der Waals surface area contributed by atoms with Crippen molar-refractivity contribution in [2.75, 3.05) is 19.8 Å². The third-order valence-corrected chi connectivity index (χ3v) is 3.97. The van der Waals surface area contributed by atoms with Crippen molar-refractivity contribution in [3.05, 3.63) is 30.3 Å². The molecule has 0 spiro atoms. The first-order chi connectivity index (χ1) is 9.17. The topological polar surface area (TPSA) is 52.6 Å². The van der Waals surface area contributed by atoms with Crippen LogP contribution >= 0.6 is 0 Å². The molecule has 4 nitrogen and oxygen atoms in total. The SMILES string of the molecule is CCCCCCOCCOS(=O)(=O)c1ccccc1. The Balaban J connectivity index is 2.15. The van der Waals surface area contributed by atoms with Crippen molar-refractivity contribution < 1.29 is 17.3 Å². The van der Waals surface area contributed by atoms with Gasteiger partial charge in [-0.25, -0.2) is 0 Å². The molecule has 0 heterocycles. The number of hydrogen-bond donors (Lipinski definition) is 0. The maximum Gasteiger partial charge on any atom is 0.297 e. The lowest BCUT2D eigenvalue weighted by atomic mass is 10.2. The van der Waals surface area contributed by atoms with E-state index in [1.165, 1.54) is 25.0 Å². The lowest BCUT2D eigenvalue weighted by Gasteiger charge is -2.06. The minimum atomic E-state index is -3.64. The number of benzene rings is 1. The van der Waals surface area contributed by atoms with Crippen LogP contribution in [0.1, 0.15) is 32.6 Å². The fourth-order valence-electron chi connectivity index (χ4n) is 1.59. The molecule has 1 rings (SSSR count). The van der Waals surface area contributed by atoms with Gasteiger partial charge in [-0.2, -0.15) is 8.42 Å². The van der Waals surface area contributed by atoms with Gasteiger partial charge in [0, 0.05) is 6.61 Å². The summed E-state index contributed by atoms with van der Waals surface area (Å²) in [5.74, 6) is 0. The van der Waals surface area contributed by atoms with Crippen LogP contribution in [0.25, 0.3) is 0 Å². The minimum Gasteiger partial charge on any atom is -0.379 e. The molecule has 1 aromatic carbocycles. The summed E-state index contributed by atoms with van der Waals surface area (Å²) in [6.45, 7) is 3.18. The molecule has 0 aliphatic heterocycles. The second kappa shape index (κ2) is 9.07. The molecule has 0 aromatic heterocycles. The summed E-state index contributed by atoms with van der Waals surface area (Å²) in [6, 6.07) is 8.13. The van der Waals surface area contributed by atoms with Gasteiger partial charge in [-0.1, -0.05) is 44.4 Å². The van der Waals surface area contributed by atoms with Gasteiger partial charge in [0.2, 0.25) is 0 Å². The molecule has 0 unspecified atom stereocenters. The maximum atomic E-state index is 11.7. The number of ether oxygens (including phenoxy) is 1. The quantitative estimate of drug-likeness (QED) is 0.490. The summed E-state index contributed by atoms with van der Waals surface area (Å²) < 4.78 is 33.7. The highest BCUT2D eigenvalue weighted by Crippen LogP contribution is 2.10. The van der Waals surface area contributed by atoms with E-state index in [4.69, 9.17) is 8.92 Å². The Kier molecular flexibility index (Phi) is 7.70. The summed E-state index contributed by atoms with van der Waals surface area (Å²) in [4.78, 5) is 0.179. The van der Waals surface area contributed by atoms with E-state index in [9.17, 15) is 8.42 Å². The molecule has 0 N–H and O–H groups in total. The molecule has 19 heavy (non-hydrogen) atoms. The number of unbranched alkanes of at least 4 members (excludes halogenated alkanes) is 3. The van der Waals surface area contributed by atoms with Crippen LogP contribution < -0.4 is 0 Å². The van der Waals surface area contributed by atoms with Gasteiger partial charge in [-0.3, -0.25) is 4.18 Å². The Labute approximate surface area is 115 Å². The van der Waals surface area contributed by atoms with Crippen LogP contribution in [0.4, 0.5) is 0 Å². The summed E-state index contributed by atoms with van der Waals surface area (Å²) in [6.07, 6.45) is 4.57. The Bertz CT molecular complexity index is 428. The first kappa shape index (κ1) is 16.1. The molecular weight excluding hydrogens is 264 g/mol. The van der Waals surface area contributed by atoms with Crippen molar-refractivity contribution in [2.24, 2.45) is 0 Å². The molecule has 0 bridgehead atoms. The van der Waals surface area contributed by atoms with Crippen LogP contribution in [0.5, 0.6) is 0 Å². The predicted octanol–water partition coefficient (Wildman–Crippen LogP) is 2.99. The van der Waals surface area contributed by atoms with E-state index < -0.39 is 10.1 Å². The fourth-order valence-corrected chi connectivity index (χ4v) is 2.50. The van der Waals surface area contributed by atoms with E-state index in [2.05, 4.69) is 6.92 Å². The molecule has 5 heteroatoms. The maximum absolute atomic E-state index is 11.7. The minimum absolute atomic E-state index is 0.0605. The largest absolute Gasteiger partial charge is 0.379 e. The lowest BCUT2D eigenvalue weighted by molar-refractivity contribution is 0.0990. The van der Waals surface area contributed by atoms with E-state index in [1.807, 2.05) is 0 Å². The second-order valence-corrected chi connectivity index (χ2v) is 5.88. The molecule has 108 valence electrons. The highest BCUT2D eigenvalue weighted by molar-refractivity contribution is 7.86. The third-order valence-electron chi connectivity index (χ3n) is 2.64. The third kappa shape index (κ3) is 6.71. The summed E-state index contributed by atoms with van der Waals surface area (Å²) >= 11 is 0. The lowest BCUT2D eigenvalue weighted by Crippen LogP contribution is -2.12. The Morgan fingerprint density at radius 2 is 1.68 bits per heavy atom. The van der Waals surface area contributed by atoms with Crippen molar-refractivity contribution >= 4 is 10.1 Å². The van der Waals surface area contributed by atoms with Crippen molar-refractivity contribution in [3.63, 3.8) is 0 Å². The summed E-state index contributed by atoms with van der Waals surface area (Å²) in [5.41, 5.74) is 0. The average molecular weight is 286 g/mol. The van der Waals surface area contributed by atoms with E-state index in [0.717, 1.165) is 12.8 Å². The van der Waals surface area contributed by atoms with Gasteiger partial charge in [-0.15, -0.1) is 0 Å². The molecule has 0 atom stereocenters. The fraction of sp³-hybridized carbons (Fsp3) is 0.571. The first-order valence-electron chi connectivity index (χ1n) is 6.69. The Morgan fingerprint density at radius 3 is 2.37 bits per heavy atom. The normalized spacial score (nSPS) is 11.6. The monoisotopic (exact) mass is 286 g/mol. The first-order valence-corrected chi connectivity index (χ1v) is 8.10. The van der Waals surface area contributed by atoms with Crippen LogP contribution in [-0.4, -0.2) is 28.2 Å². The van der Waals surface area contributed by atoms with E-state index >= 15 is 0 Å². The molecule has 0 saturated heterocycles. The molecule has 0 amide bonds. The van der Waals surface area contributed by atoms with Gasteiger partial charge < -0.3 is 4.74 Å². The van der Waals surface area contributed by atoms with Crippen LogP contribution in [0, 0.1) is 0 Å². The Hall–Kier alpha value is -0.910. The van der Waals surface area contributed by atoms with Gasteiger partial charge in [0.1, 0.15) is 0 Å². The van der Waals surface area contributed by atoms with Crippen LogP contribution in [0.2, 0.25) is 0 Å². The number of hydrogen-bond acceptors (Lipinski definition) is 4. The number of rotatable bonds is 10. The van der Waals surface area contributed by atoms with Crippen molar-refractivity contribution in [2.45, 2.75) is 37.5 Å². The standard InChI is InChI=1S/C14H22O4S/c1-2-3-4-8-11-17-12-13-18-19(15,16)14-9-6-5-7-10-14/h5-7,9-10H,2-4,8,11-13H2,1H3. The van der Waals surface area contributed by atoms with Crippen LogP contribution in [-0.2, 0) is 19.0 Å². The van der Waals surface area contributed by atoms with E-state index in [1.54, 1.807) is 18.2 Å². The van der Waals surface area contributed by atoms with E-state index in [-0.39, 0.29) is 11.5 Å². The average Bonchev–Trinajstić information content (AvgIpc) is 2.43. The molecule has 0 aliphatic carbocycles. The smallest absolute Gasteiger partial charge is 0.297 e. The highest BCUT2D eigenvalue weighted by atomic mass is 32.2. The van der Waals surface area contributed by atoms with Crippen molar-refractivity contribution in [1.29, 1.82) is 0 Å². The van der Waals surface area contributed by atoms with Crippen molar-refractivity contribution in [1.82, 2.24) is 0 Å². The zero-order valence-corrected chi connectivity index (χ0v) is 12.2. The van der Waals surface area contributed by atoms with Crippen LogP contribution in [0.15, 0.2) is 35.2 Å². The van der Waals surface area contributed by atoms with Crippen molar-refractivity contribution in [3.8, 4) is 0 Å². The summed E-state index contributed by atoms with van der Waals surface area (Å²) in [7, 11) is -3.64. The molecule has 0 fully saturated rings. The predicted molar refractivity (Wildman–Crippen MR) is 74.5 cm³/mol.